The van der Waals surface area contributed by atoms with Gasteiger partial charge in [0.1, 0.15) is 18.4 Å². The van der Waals surface area contributed by atoms with Gasteiger partial charge in [0.05, 0.1) is 16.8 Å². The number of nitrogens with one attached hydrogen (secondary N) is 1. The summed E-state index contributed by atoms with van der Waals surface area (Å²) in [6.07, 6.45) is 1.59. The first-order chi connectivity index (χ1) is 14.8. The van der Waals surface area contributed by atoms with Gasteiger partial charge in [0.15, 0.2) is 0 Å². The molecular formula is C23H20ClFN4O2. The van der Waals surface area contributed by atoms with Crippen LogP contribution in [0.3, 0.4) is 0 Å². The number of carbonyl (C=O) groups excluding carboxylic acids is 2. The van der Waals surface area contributed by atoms with Gasteiger partial charge in [-0.2, -0.15) is 5.10 Å². The standard InChI is InChI=1S/C23H20ClFN4O2/c1-23(2)21-14(13-6-3-4-9-18(13)27-21)10-19-22(31)28(12-20(30)29(19)23)26-11-15-16(24)7-5-8-17(15)25/h3-9,11,19,27H,10,12H2,1-2H3. The molecule has 1 saturated heterocycles. The molecule has 31 heavy (non-hydrogen) atoms. The predicted molar refractivity (Wildman–Crippen MR) is 116 cm³/mol. The third kappa shape index (κ3) is 2.95. The Labute approximate surface area is 183 Å². The van der Waals surface area contributed by atoms with Gasteiger partial charge < -0.3 is 9.88 Å². The number of H-pyrrole nitrogens is 1. The van der Waals surface area contributed by atoms with Crippen LogP contribution in [-0.2, 0) is 21.5 Å². The molecule has 2 aliphatic rings. The second-order valence-corrected chi connectivity index (χ2v) is 8.75. The van der Waals surface area contributed by atoms with Crippen LogP contribution in [0.2, 0.25) is 5.02 Å². The van der Waals surface area contributed by atoms with Gasteiger partial charge in [0.25, 0.3) is 5.91 Å². The number of piperazine rings is 1. The summed E-state index contributed by atoms with van der Waals surface area (Å²) in [4.78, 5) is 31.5. The van der Waals surface area contributed by atoms with E-state index in [4.69, 9.17) is 11.6 Å². The van der Waals surface area contributed by atoms with Crippen LogP contribution in [0.15, 0.2) is 47.6 Å². The number of para-hydroxylation sites is 1. The van der Waals surface area contributed by atoms with Gasteiger partial charge in [-0.05, 0) is 37.6 Å². The summed E-state index contributed by atoms with van der Waals surface area (Å²) in [5, 5.41) is 6.47. The zero-order valence-electron chi connectivity index (χ0n) is 17.0. The molecule has 5 rings (SSSR count). The third-order valence-electron chi connectivity index (χ3n) is 6.16. The maximum Gasteiger partial charge on any atom is 0.266 e. The molecule has 1 fully saturated rings. The number of aromatic nitrogens is 1. The molecule has 1 unspecified atom stereocenters. The van der Waals surface area contributed by atoms with Crippen molar-refractivity contribution in [1.82, 2.24) is 14.9 Å². The number of rotatable bonds is 2. The first-order valence-electron chi connectivity index (χ1n) is 10.0. The second-order valence-electron chi connectivity index (χ2n) is 8.34. The SMILES string of the molecule is CC1(C)c2[nH]c3ccccc3c2CC2C(=O)N(N=Cc3c(F)cccc3Cl)CC(=O)N21. The van der Waals surface area contributed by atoms with Gasteiger partial charge in [0.2, 0.25) is 5.91 Å². The summed E-state index contributed by atoms with van der Waals surface area (Å²) >= 11 is 6.05. The molecule has 2 aromatic carbocycles. The van der Waals surface area contributed by atoms with Crippen molar-refractivity contribution in [3.8, 4) is 0 Å². The van der Waals surface area contributed by atoms with Crippen LogP contribution in [0.5, 0.6) is 0 Å². The lowest BCUT2D eigenvalue weighted by Gasteiger charge is -2.50. The fraction of sp³-hybridized carbons (Fsp3) is 0.261. The number of carbonyl (C=O) groups is 2. The van der Waals surface area contributed by atoms with E-state index in [0.717, 1.165) is 27.2 Å². The minimum Gasteiger partial charge on any atom is -0.356 e. The fourth-order valence-corrected chi connectivity index (χ4v) is 4.94. The number of hydrazone groups is 1. The maximum atomic E-state index is 14.1. The van der Waals surface area contributed by atoms with Crippen LogP contribution in [0.4, 0.5) is 4.39 Å². The van der Waals surface area contributed by atoms with Crippen molar-refractivity contribution in [2.45, 2.75) is 31.8 Å². The van der Waals surface area contributed by atoms with Crippen LogP contribution < -0.4 is 0 Å². The average Bonchev–Trinajstić information content (AvgIpc) is 3.10. The zero-order valence-corrected chi connectivity index (χ0v) is 17.8. The van der Waals surface area contributed by atoms with E-state index in [9.17, 15) is 14.0 Å². The third-order valence-corrected chi connectivity index (χ3v) is 6.49. The van der Waals surface area contributed by atoms with Gasteiger partial charge >= 0.3 is 0 Å². The Morgan fingerprint density at radius 3 is 2.74 bits per heavy atom. The van der Waals surface area contributed by atoms with Gasteiger partial charge in [-0.25, -0.2) is 9.40 Å². The van der Waals surface area contributed by atoms with Crippen LogP contribution >= 0.6 is 11.6 Å². The number of nitrogens with zero attached hydrogens (tertiary/aromatic N) is 3. The number of hydrogen-bond acceptors (Lipinski definition) is 3. The summed E-state index contributed by atoms with van der Waals surface area (Å²) in [5.41, 5.74) is 2.35. The molecule has 3 heterocycles. The van der Waals surface area contributed by atoms with Gasteiger partial charge in [-0.15, -0.1) is 0 Å². The monoisotopic (exact) mass is 438 g/mol. The zero-order chi connectivity index (χ0) is 21.9. The Kier molecular flexibility index (Phi) is 4.41. The average molecular weight is 439 g/mol. The molecule has 158 valence electrons. The number of amides is 2. The highest BCUT2D eigenvalue weighted by Gasteiger charge is 2.51. The summed E-state index contributed by atoms with van der Waals surface area (Å²) in [6, 6.07) is 11.5. The van der Waals surface area contributed by atoms with Crippen molar-refractivity contribution >= 4 is 40.5 Å². The first-order valence-corrected chi connectivity index (χ1v) is 10.4. The summed E-state index contributed by atoms with van der Waals surface area (Å²) in [7, 11) is 0. The molecule has 0 bridgehead atoms. The Morgan fingerprint density at radius 1 is 1.19 bits per heavy atom. The number of benzene rings is 2. The lowest BCUT2D eigenvalue weighted by Crippen LogP contribution is -2.66. The minimum atomic E-state index is -0.686. The quantitative estimate of drug-likeness (QED) is 0.618. The maximum absolute atomic E-state index is 14.1. The predicted octanol–water partition coefficient (Wildman–Crippen LogP) is 3.83. The Balaban J connectivity index is 1.53. The molecule has 1 N–H and O–H groups in total. The Morgan fingerprint density at radius 2 is 1.97 bits per heavy atom. The minimum absolute atomic E-state index is 0.0785. The van der Waals surface area contributed by atoms with E-state index < -0.39 is 17.4 Å². The van der Waals surface area contributed by atoms with Crippen LogP contribution in [0, 0.1) is 5.82 Å². The van der Waals surface area contributed by atoms with E-state index in [1.165, 1.54) is 18.3 Å². The van der Waals surface area contributed by atoms with E-state index in [-0.39, 0.29) is 28.9 Å². The van der Waals surface area contributed by atoms with Crippen LogP contribution in [0.25, 0.3) is 10.9 Å². The highest BCUT2D eigenvalue weighted by Crippen LogP contribution is 2.42. The molecule has 0 spiro atoms. The molecule has 0 saturated carbocycles. The van der Waals surface area contributed by atoms with E-state index in [0.29, 0.717) is 6.42 Å². The van der Waals surface area contributed by atoms with E-state index >= 15 is 0 Å². The molecule has 1 atom stereocenters. The van der Waals surface area contributed by atoms with Crippen molar-refractivity contribution < 1.29 is 14.0 Å². The highest BCUT2D eigenvalue weighted by atomic mass is 35.5. The fourth-order valence-electron chi connectivity index (χ4n) is 4.73. The number of aromatic amines is 1. The lowest BCUT2D eigenvalue weighted by atomic mass is 9.82. The van der Waals surface area contributed by atoms with E-state index in [2.05, 4.69) is 10.1 Å². The summed E-state index contributed by atoms with van der Waals surface area (Å²) < 4.78 is 14.1. The second kappa shape index (κ2) is 6.92. The normalized spacial score (nSPS) is 20.5. The molecule has 6 nitrogen and oxygen atoms in total. The largest absolute Gasteiger partial charge is 0.356 e. The Hall–Kier alpha value is -3.19. The van der Waals surface area contributed by atoms with E-state index in [1.54, 1.807) is 11.0 Å². The number of fused-ring (bicyclic) bond motifs is 4. The van der Waals surface area contributed by atoms with Gasteiger partial charge in [0, 0.05) is 28.6 Å². The number of halogens is 2. The van der Waals surface area contributed by atoms with Crippen molar-refractivity contribution in [3.05, 3.63) is 70.1 Å². The highest BCUT2D eigenvalue weighted by molar-refractivity contribution is 6.33. The number of hydrogen-bond donors (Lipinski definition) is 1. The van der Waals surface area contributed by atoms with Crippen molar-refractivity contribution in [1.29, 1.82) is 0 Å². The molecule has 3 aromatic rings. The molecule has 2 amide bonds. The van der Waals surface area contributed by atoms with Crippen LogP contribution in [0.1, 0.15) is 30.7 Å². The van der Waals surface area contributed by atoms with Crippen molar-refractivity contribution in [2.24, 2.45) is 5.10 Å². The van der Waals surface area contributed by atoms with E-state index in [1.807, 2.05) is 38.1 Å². The molecule has 2 aliphatic heterocycles. The smallest absolute Gasteiger partial charge is 0.266 e. The van der Waals surface area contributed by atoms with Gasteiger partial charge in [-0.3, -0.25) is 9.59 Å². The van der Waals surface area contributed by atoms with Crippen molar-refractivity contribution in [3.63, 3.8) is 0 Å². The summed E-state index contributed by atoms with van der Waals surface area (Å²) in [6.45, 7) is 3.67. The first kappa shape index (κ1) is 19.8. The van der Waals surface area contributed by atoms with Crippen LogP contribution in [-0.4, -0.2) is 45.5 Å². The molecule has 0 aliphatic carbocycles. The molecular weight excluding hydrogens is 419 g/mol. The lowest BCUT2D eigenvalue weighted by molar-refractivity contribution is -0.163. The summed E-state index contributed by atoms with van der Waals surface area (Å²) in [5.74, 6) is -1.06. The van der Waals surface area contributed by atoms with Crippen molar-refractivity contribution in [2.75, 3.05) is 6.54 Å². The van der Waals surface area contributed by atoms with Gasteiger partial charge in [-0.1, -0.05) is 35.9 Å². The molecule has 0 radical (unpaired) electrons. The topological polar surface area (TPSA) is 68.8 Å². The molecule has 8 heteroatoms. The molecule has 1 aromatic heterocycles. The Bertz CT molecular complexity index is 1250.